The molecule has 0 radical (unpaired) electrons. The zero-order chi connectivity index (χ0) is 15.4. The van der Waals surface area contributed by atoms with Gasteiger partial charge in [0, 0.05) is 16.1 Å². The molecule has 2 rings (SSSR count). The van der Waals surface area contributed by atoms with Gasteiger partial charge in [0.1, 0.15) is 5.82 Å². The Balaban J connectivity index is 2.15. The average Bonchev–Trinajstić information content (AvgIpc) is 2.47. The summed E-state index contributed by atoms with van der Waals surface area (Å²) in [7, 11) is 0. The van der Waals surface area contributed by atoms with Gasteiger partial charge in [0.15, 0.2) is 0 Å². The third kappa shape index (κ3) is 4.04. The van der Waals surface area contributed by atoms with Crippen LogP contribution in [0.25, 0.3) is 0 Å². The molecule has 0 aliphatic heterocycles. The van der Waals surface area contributed by atoms with E-state index in [9.17, 15) is 4.39 Å². The van der Waals surface area contributed by atoms with Crippen molar-refractivity contribution in [3.63, 3.8) is 0 Å². The van der Waals surface area contributed by atoms with Crippen LogP contribution in [-0.4, -0.2) is 0 Å². The van der Waals surface area contributed by atoms with Crippen LogP contribution in [0, 0.1) is 12.7 Å². The predicted octanol–water partition coefficient (Wildman–Crippen LogP) is 4.69. The lowest BCUT2D eigenvalue weighted by Gasteiger charge is -2.18. The molecule has 1 atom stereocenters. The molecule has 0 saturated heterocycles. The molecule has 0 amide bonds. The molecule has 0 spiro atoms. The molecular weight excluding hydrogens is 355 g/mol. The number of hydrazine groups is 1. The molecule has 112 valence electrons. The van der Waals surface area contributed by atoms with E-state index in [1.807, 2.05) is 6.07 Å². The quantitative estimate of drug-likeness (QED) is 0.455. The SMILES string of the molecule is Cc1cccc(CCC(NN)c2ccc(Br)c(Cl)c2F)c1. The number of rotatable bonds is 5. The van der Waals surface area contributed by atoms with Crippen LogP contribution in [0.15, 0.2) is 40.9 Å². The first-order chi connectivity index (χ1) is 10.0. The van der Waals surface area contributed by atoms with E-state index in [4.69, 9.17) is 17.4 Å². The molecule has 0 aliphatic carbocycles. The summed E-state index contributed by atoms with van der Waals surface area (Å²) in [6, 6.07) is 11.4. The topological polar surface area (TPSA) is 38.0 Å². The zero-order valence-electron chi connectivity index (χ0n) is 11.7. The molecule has 5 heteroatoms. The molecule has 0 saturated carbocycles. The lowest BCUT2D eigenvalue weighted by Crippen LogP contribution is -2.29. The summed E-state index contributed by atoms with van der Waals surface area (Å²) in [5, 5.41) is 0.0864. The molecule has 21 heavy (non-hydrogen) atoms. The van der Waals surface area contributed by atoms with Gasteiger partial charge in [-0.15, -0.1) is 0 Å². The van der Waals surface area contributed by atoms with Crippen molar-refractivity contribution in [1.29, 1.82) is 0 Å². The smallest absolute Gasteiger partial charge is 0.147 e. The minimum absolute atomic E-state index is 0.0864. The van der Waals surface area contributed by atoms with Gasteiger partial charge in [0.25, 0.3) is 0 Å². The molecule has 0 heterocycles. The van der Waals surface area contributed by atoms with Crippen molar-refractivity contribution in [2.45, 2.75) is 25.8 Å². The Morgan fingerprint density at radius 1 is 1.33 bits per heavy atom. The van der Waals surface area contributed by atoms with Gasteiger partial charge in [-0.05, 0) is 47.3 Å². The molecule has 0 bridgehead atoms. The van der Waals surface area contributed by atoms with Crippen molar-refractivity contribution in [3.05, 3.63) is 68.4 Å². The Kier molecular flexibility index (Phi) is 5.76. The summed E-state index contributed by atoms with van der Waals surface area (Å²) in [5.41, 5.74) is 5.58. The lowest BCUT2D eigenvalue weighted by molar-refractivity contribution is 0.485. The molecule has 2 aromatic carbocycles. The van der Waals surface area contributed by atoms with Crippen LogP contribution in [0.3, 0.4) is 0 Å². The monoisotopic (exact) mass is 370 g/mol. The Morgan fingerprint density at radius 3 is 2.76 bits per heavy atom. The highest BCUT2D eigenvalue weighted by Gasteiger charge is 2.18. The maximum atomic E-state index is 14.2. The van der Waals surface area contributed by atoms with Crippen molar-refractivity contribution >= 4 is 27.5 Å². The Labute approximate surface area is 137 Å². The molecule has 3 N–H and O–H groups in total. The number of nitrogens with two attached hydrogens (primary N) is 1. The van der Waals surface area contributed by atoms with Gasteiger partial charge in [-0.25, -0.2) is 4.39 Å². The molecule has 0 aliphatic rings. The van der Waals surface area contributed by atoms with Crippen LogP contribution in [0.5, 0.6) is 0 Å². The molecule has 2 aromatic rings. The summed E-state index contributed by atoms with van der Waals surface area (Å²) in [5.74, 6) is 5.15. The van der Waals surface area contributed by atoms with Crippen molar-refractivity contribution in [2.75, 3.05) is 0 Å². The van der Waals surface area contributed by atoms with Crippen LogP contribution in [0.1, 0.15) is 29.2 Å². The van der Waals surface area contributed by atoms with E-state index in [1.54, 1.807) is 12.1 Å². The second kappa shape index (κ2) is 7.36. The van der Waals surface area contributed by atoms with Crippen LogP contribution in [0.2, 0.25) is 5.02 Å². The van der Waals surface area contributed by atoms with Crippen LogP contribution in [0.4, 0.5) is 4.39 Å². The first kappa shape index (κ1) is 16.4. The van der Waals surface area contributed by atoms with E-state index in [0.29, 0.717) is 16.5 Å². The van der Waals surface area contributed by atoms with E-state index in [0.717, 1.165) is 6.42 Å². The fourth-order valence-corrected chi connectivity index (χ4v) is 2.80. The first-order valence-corrected chi connectivity index (χ1v) is 7.85. The number of hydrogen-bond donors (Lipinski definition) is 2. The van der Waals surface area contributed by atoms with Gasteiger partial charge in [-0.3, -0.25) is 11.3 Å². The summed E-state index contributed by atoms with van der Waals surface area (Å²) < 4.78 is 14.8. The molecule has 2 nitrogen and oxygen atoms in total. The number of halogens is 3. The second-order valence-electron chi connectivity index (χ2n) is 5.01. The third-order valence-corrected chi connectivity index (χ3v) is 4.70. The maximum absolute atomic E-state index is 14.2. The Hall–Kier alpha value is -0.940. The van der Waals surface area contributed by atoms with Crippen LogP contribution in [-0.2, 0) is 6.42 Å². The molecule has 1 unspecified atom stereocenters. The highest BCUT2D eigenvalue weighted by Crippen LogP contribution is 2.31. The largest absolute Gasteiger partial charge is 0.271 e. The summed E-state index contributed by atoms with van der Waals surface area (Å²) in [6.45, 7) is 2.05. The minimum atomic E-state index is -0.432. The van der Waals surface area contributed by atoms with E-state index in [-0.39, 0.29) is 11.1 Å². The lowest BCUT2D eigenvalue weighted by atomic mass is 9.98. The van der Waals surface area contributed by atoms with Crippen LogP contribution >= 0.6 is 27.5 Å². The molecular formula is C16H17BrClFN2. The van der Waals surface area contributed by atoms with Gasteiger partial charge in [0.05, 0.1) is 5.02 Å². The Bertz CT molecular complexity index is 634. The van der Waals surface area contributed by atoms with Crippen LogP contribution < -0.4 is 11.3 Å². The second-order valence-corrected chi connectivity index (χ2v) is 6.24. The van der Waals surface area contributed by atoms with E-state index < -0.39 is 5.82 Å². The van der Waals surface area contributed by atoms with Gasteiger partial charge in [-0.2, -0.15) is 0 Å². The van der Waals surface area contributed by atoms with Gasteiger partial charge in [0.2, 0.25) is 0 Å². The number of aryl methyl sites for hydroxylation is 2. The van der Waals surface area contributed by atoms with Crippen molar-refractivity contribution in [2.24, 2.45) is 5.84 Å². The minimum Gasteiger partial charge on any atom is -0.271 e. The third-order valence-electron chi connectivity index (χ3n) is 3.45. The zero-order valence-corrected chi connectivity index (χ0v) is 14.0. The van der Waals surface area contributed by atoms with E-state index in [2.05, 4.69) is 46.5 Å². The van der Waals surface area contributed by atoms with E-state index >= 15 is 0 Å². The fourth-order valence-electron chi connectivity index (χ4n) is 2.32. The maximum Gasteiger partial charge on any atom is 0.147 e. The predicted molar refractivity (Wildman–Crippen MR) is 88.7 cm³/mol. The van der Waals surface area contributed by atoms with E-state index in [1.165, 1.54) is 11.1 Å². The van der Waals surface area contributed by atoms with Gasteiger partial charge in [-0.1, -0.05) is 47.5 Å². The highest BCUT2D eigenvalue weighted by atomic mass is 79.9. The number of benzene rings is 2. The van der Waals surface area contributed by atoms with Crippen molar-refractivity contribution in [1.82, 2.24) is 5.43 Å². The van der Waals surface area contributed by atoms with Crippen molar-refractivity contribution in [3.8, 4) is 0 Å². The van der Waals surface area contributed by atoms with Gasteiger partial charge < -0.3 is 0 Å². The first-order valence-electron chi connectivity index (χ1n) is 6.68. The standard InChI is InChI=1S/C16H17BrClFN2/c1-10-3-2-4-11(9-10)5-8-14(21-20)12-6-7-13(17)15(18)16(12)19/h2-4,6-7,9,14,21H,5,8,20H2,1H3. The fraction of sp³-hybridized carbons (Fsp3) is 0.250. The summed E-state index contributed by atoms with van der Waals surface area (Å²) in [4.78, 5) is 0. The highest BCUT2D eigenvalue weighted by molar-refractivity contribution is 9.10. The number of hydrogen-bond acceptors (Lipinski definition) is 2. The van der Waals surface area contributed by atoms with Gasteiger partial charge >= 0.3 is 0 Å². The number of nitrogens with one attached hydrogen (secondary N) is 1. The van der Waals surface area contributed by atoms with Crippen molar-refractivity contribution < 1.29 is 4.39 Å². The summed E-state index contributed by atoms with van der Waals surface area (Å²) in [6.07, 6.45) is 1.50. The molecule has 0 fully saturated rings. The molecule has 0 aromatic heterocycles. The average molecular weight is 372 g/mol. The normalized spacial score (nSPS) is 12.4. The summed E-state index contributed by atoms with van der Waals surface area (Å²) >= 11 is 9.14. The Morgan fingerprint density at radius 2 is 2.10 bits per heavy atom.